The Hall–Kier alpha value is -3.35. The second kappa shape index (κ2) is 7.77. The lowest BCUT2D eigenvalue weighted by Crippen LogP contribution is -2.37. The van der Waals surface area contributed by atoms with Crippen LogP contribution in [0.25, 0.3) is 11.4 Å². The number of benzene rings is 1. The zero-order valence-corrected chi connectivity index (χ0v) is 12.1. The van der Waals surface area contributed by atoms with Crippen LogP contribution < -0.4 is 10.6 Å². The predicted molar refractivity (Wildman–Crippen MR) is 75.6 cm³/mol. The van der Waals surface area contributed by atoms with Crippen molar-refractivity contribution in [3.05, 3.63) is 35.7 Å². The summed E-state index contributed by atoms with van der Waals surface area (Å²) in [6.07, 6.45) is -2.86. The van der Waals surface area contributed by atoms with Crippen LogP contribution in [0, 0.1) is 11.3 Å². The first-order valence-electron chi connectivity index (χ1n) is 6.65. The standard InChI is InChI=1S/C14H11F2N5O3/c15-11(16)14-20-12(21-24-14)8-1-3-9(4-2-8)13(23)19-7-10(22)18-6-5-17/h1-4,11H,6-7H2,(H,18,22)(H,19,23). The van der Waals surface area contributed by atoms with Crippen molar-refractivity contribution >= 4 is 11.8 Å². The molecule has 0 aliphatic heterocycles. The van der Waals surface area contributed by atoms with Crippen LogP contribution in [-0.4, -0.2) is 35.0 Å². The number of carbonyl (C=O) groups is 2. The van der Waals surface area contributed by atoms with Gasteiger partial charge < -0.3 is 15.2 Å². The molecule has 1 aromatic carbocycles. The Labute approximate surface area is 134 Å². The number of nitrogens with zero attached hydrogens (tertiary/aromatic N) is 3. The minimum atomic E-state index is -2.86. The number of aromatic nitrogens is 2. The first-order chi connectivity index (χ1) is 11.5. The SMILES string of the molecule is N#CCNC(=O)CNC(=O)c1ccc(-c2noc(C(F)F)n2)cc1. The highest BCUT2D eigenvalue weighted by Crippen LogP contribution is 2.21. The maximum atomic E-state index is 12.4. The highest BCUT2D eigenvalue weighted by Gasteiger charge is 2.17. The summed E-state index contributed by atoms with van der Waals surface area (Å²) >= 11 is 0. The van der Waals surface area contributed by atoms with Gasteiger partial charge >= 0.3 is 6.43 Å². The number of hydrogen-bond donors (Lipinski definition) is 2. The van der Waals surface area contributed by atoms with Gasteiger partial charge in [0.25, 0.3) is 11.8 Å². The van der Waals surface area contributed by atoms with Crippen molar-refractivity contribution in [3.8, 4) is 17.5 Å². The molecule has 0 atom stereocenters. The number of hydrogen-bond acceptors (Lipinski definition) is 6. The Morgan fingerprint density at radius 2 is 1.96 bits per heavy atom. The average Bonchev–Trinajstić information content (AvgIpc) is 3.08. The summed E-state index contributed by atoms with van der Waals surface area (Å²) < 4.78 is 29.2. The molecule has 24 heavy (non-hydrogen) atoms. The third kappa shape index (κ3) is 4.33. The molecule has 0 saturated carbocycles. The zero-order valence-electron chi connectivity index (χ0n) is 12.1. The van der Waals surface area contributed by atoms with E-state index in [0.29, 0.717) is 5.56 Å². The van der Waals surface area contributed by atoms with E-state index in [1.807, 2.05) is 0 Å². The number of carbonyl (C=O) groups excluding carboxylic acids is 2. The molecular weight excluding hydrogens is 324 g/mol. The van der Waals surface area contributed by atoms with E-state index in [-0.39, 0.29) is 24.5 Å². The van der Waals surface area contributed by atoms with Crippen molar-refractivity contribution in [2.24, 2.45) is 0 Å². The first-order valence-corrected chi connectivity index (χ1v) is 6.65. The molecule has 8 nitrogen and oxygen atoms in total. The normalized spacial score (nSPS) is 10.2. The molecule has 0 aliphatic rings. The fourth-order valence-electron chi connectivity index (χ4n) is 1.67. The molecule has 1 heterocycles. The summed E-state index contributed by atoms with van der Waals surface area (Å²) in [6, 6.07) is 7.52. The van der Waals surface area contributed by atoms with Crippen LogP contribution in [0.5, 0.6) is 0 Å². The number of halogens is 2. The Morgan fingerprint density at radius 3 is 2.54 bits per heavy atom. The van der Waals surface area contributed by atoms with Crippen LogP contribution in [0.1, 0.15) is 22.7 Å². The monoisotopic (exact) mass is 335 g/mol. The van der Waals surface area contributed by atoms with Crippen LogP contribution >= 0.6 is 0 Å². The van der Waals surface area contributed by atoms with Crippen molar-refractivity contribution in [1.29, 1.82) is 5.26 Å². The van der Waals surface area contributed by atoms with E-state index in [0.717, 1.165) is 0 Å². The molecule has 2 rings (SSSR count). The maximum absolute atomic E-state index is 12.4. The van der Waals surface area contributed by atoms with Crippen LogP contribution in [0.2, 0.25) is 0 Å². The second-order valence-corrected chi connectivity index (χ2v) is 4.45. The van der Waals surface area contributed by atoms with Gasteiger partial charge in [-0.25, -0.2) is 0 Å². The molecule has 2 amide bonds. The number of alkyl halides is 2. The molecule has 0 saturated heterocycles. The highest BCUT2D eigenvalue weighted by molar-refractivity contribution is 5.96. The Kier molecular flexibility index (Phi) is 5.51. The van der Waals surface area contributed by atoms with E-state index < -0.39 is 24.1 Å². The molecule has 124 valence electrons. The van der Waals surface area contributed by atoms with Crippen LogP contribution in [0.4, 0.5) is 8.78 Å². The van der Waals surface area contributed by atoms with Crippen LogP contribution in [0.3, 0.4) is 0 Å². The van der Waals surface area contributed by atoms with Gasteiger partial charge in [0, 0.05) is 11.1 Å². The minimum absolute atomic E-state index is 0.0202. The lowest BCUT2D eigenvalue weighted by Gasteiger charge is -2.05. The van der Waals surface area contributed by atoms with Gasteiger partial charge in [0.1, 0.15) is 6.54 Å². The van der Waals surface area contributed by atoms with E-state index >= 15 is 0 Å². The third-order valence-corrected chi connectivity index (χ3v) is 2.81. The Morgan fingerprint density at radius 1 is 1.25 bits per heavy atom. The molecule has 0 aliphatic carbocycles. The van der Waals surface area contributed by atoms with Gasteiger partial charge in [-0.05, 0) is 12.1 Å². The van der Waals surface area contributed by atoms with Gasteiger partial charge in [-0.1, -0.05) is 17.3 Å². The summed E-state index contributed by atoms with van der Waals surface area (Å²) in [4.78, 5) is 26.7. The molecule has 1 aromatic heterocycles. The highest BCUT2D eigenvalue weighted by atomic mass is 19.3. The topological polar surface area (TPSA) is 121 Å². The summed E-state index contributed by atoms with van der Waals surface area (Å²) in [5.41, 5.74) is 0.651. The predicted octanol–water partition coefficient (Wildman–Crippen LogP) is 1.04. The van der Waals surface area contributed by atoms with E-state index in [1.165, 1.54) is 24.3 Å². The molecule has 0 bridgehead atoms. The van der Waals surface area contributed by atoms with Crippen molar-refractivity contribution in [2.75, 3.05) is 13.1 Å². The van der Waals surface area contributed by atoms with E-state index in [9.17, 15) is 18.4 Å². The lowest BCUT2D eigenvalue weighted by molar-refractivity contribution is -0.119. The molecule has 2 aromatic rings. The van der Waals surface area contributed by atoms with Gasteiger partial charge in [0.05, 0.1) is 12.6 Å². The first kappa shape index (κ1) is 17.0. The lowest BCUT2D eigenvalue weighted by atomic mass is 10.1. The van der Waals surface area contributed by atoms with E-state index in [4.69, 9.17) is 5.26 Å². The van der Waals surface area contributed by atoms with E-state index in [2.05, 4.69) is 25.3 Å². The molecule has 0 fully saturated rings. The summed E-state index contributed by atoms with van der Waals surface area (Å²) in [6.45, 7) is -0.417. The Bertz CT molecular complexity index is 767. The van der Waals surface area contributed by atoms with Crippen molar-refractivity contribution in [2.45, 2.75) is 6.43 Å². The van der Waals surface area contributed by atoms with Crippen LogP contribution in [0.15, 0.2) is 28.8 Å². The van der Waals surface area contributed by atoms with Gasteiger partial charge in [0.2, 0.25) is 11.7 Å². The summed E-state index contributed by atoms with van der Waals surface area (Å²) in [5, 5.41) is 16.4. The second-order valence-electron chi connectivity index (χ2n) is 4.45. The quantitative estimate of drug-likeness (QED) is 0.761. The average molecular weight is 335 g/mol. The maximum Gasteiger partial charge on any atom is 0.315 e. The smallest absolute Gasteiger partial charge is 0.315 e. The number of amides is 2. The van der Waals surface area contributed by atoms with Gasteiger partial charge in [0.15, 0.2) is 0 Å². The van der Waals surface area contributed by atoms with Gasteiger partial charge in [-0.3, -0.25) is 9.59 Å². The fraction of sp³-hybridized carbons (Fsp3) is 0.214. The van der Waals surface area contributed by atoms with Crippen LogP contribution in [-0.2, 0) is 4.79 Å². The van der Waals surface area contributed by atoms with Crippen molar-refractivity contribution < 1.29 is 22.9 Å². The third-order valence-electron chi connectivity index (χ3n) is 2.81. The van der Waals surface area contributed by atoms with Crippen molar-refractivity contribution in [3.63, 3.8) is 0 Å². The largest absolute Gasteiger partial charge is 0.343 e. The molecule has 0 unspecified atom stereocenters. The molecule has 0 radical (unpaired) electrons. The van der Waals surface area contributed by atoms with Gasteiger partial charge in [-0.15, -0.1) is 0 Å². The molecule has 2 N–H and O–H groups in total. The number of nitrogens with one attached hydrogen (secondary N) is 2. The van der Waals surface area contributed by atoms with Gasteiger partial charge in [-0.2, -0.15) is 19.0 Å². The molecule has 0 spiro atoms. The Balaban J connectivity index is 1.97. The zero-order chi connectivity index (χ0) is 17.5. The summed E-state index contributed by atoms with van der Waals surface area (Å²) in [5.74, 6) is -1.80. The minimum Gasteiger partial charge on any atom is -0.343 e. The molecule has 10 heteroatoms. The van der Waals surface area contributed by atoms with E-state index in [1.54, 1.807) is 6.07 Å². The fourth-order valence-corrected chi connectivity index (χ4v) is 1.67. The van der Waals surface area contributed by atoms with Crippen molar-refractivity contribution in [1.82, 2.24) is 20.8 Å². The number of nitriles is 1. The molecular formula is C14H11F2N5O3. The number of rotatable bonds is 6. The summed E-state index contributed by atoms with van der Waals surface area (Å²) in [7, 11) is 0.